The van der Waals surface area contributed by atoms with E-state index in [1.54, 1.807) is 24.3 Å². The number of hydrogen-bond acceptors (Lipinski definition) is 6. The summed E-state index contributed by atoms with van der Waals surface area (Å²) in [5, 5.41) is 19.9. The third kappa shape index (κ3) is 6.89. The largest absolute Gasteiger partial charge is 0.457 e. The Morgan fingerprint density at radius 2 is 1.38 bits per heavy atom. The second kappa shape index (κ2) is 13.4. The highest BCUT2D eigenvalue weighted by Crippen LogP contribution is 2.41. The average molecular weight is 573 g/mol. The van der Waals surface area contributed by atoms with E-state index in [0.29, 0.717) is 39.0 Å². The van der Waals surface area contributed by atoms with Gasteiger partial charge in [-0.1, -0.05) is 78.5 Å². The fourth-order valence-electron chi connectivity index (χ4n) is 4.59. The highest BCUT2D eigenvalue weighted by atomic mass is 32.2. The second-order valence-corrected chi connectivity index (χ2v) is 10.4. The SMILES string of the molecule is CC1=C(C(=O)Nc2ccccc2)[C@H](c2ccccc2)C(C#N)=C(SCC(=O)Nc2ccc(Oc3ccccc3)cc2)N1. The third-order valence-electron chi connectivity index (χ3n) is 6.52. The molecule has 0 aliphatic carbocycles. The number of allylic oxidation sites excluding steroid dienone is 2. The van der Waals surface area contributed by atoms with Crippen LogP contribution in [0.3, 0.4) is 0 Å². The zero-order valence-electron chi connectivity index (χ0n) is 22.8. The summed E-state index contributed by atoms with van der Waals surface area (Å²) >= 11 is 1.23. The topological polar surface area (TPSA) is 103 Å². The Hall–Kier alpha value is -5.26. The van der Waals surface area contributed by atoms with Crippen molar-refractivity contribution in [3.63, 3.8) is 0 Å². The Bertz CT molecular complexity index is 1660. The van der Waals surface area contributed by atoms with E-state index >= 15 is 0 Å². The minimum absolute atomic E-state index is 0.0656. The Morgan fingerprint density at radius 1 is 0.810 bits per heavy atom. The molecule has 0 aromatic heterocycles. The molecule has 8 heteroatoms. The number of thioether (sulfide) groups is 1. The maximum absolute atomic E-state index is 13.5. The molecular weight excluding hydrogens is 544 g/mol. The van der Waals surface area contributed by atoms with Crippen molar-refractivity contribution < 1.29 is 14.3 Å². The van der Waals surface area contributed by atoms with Crippen LogP contribution in [0.4, 0.5) is 11.4 Å². The summed E-state index contributed by atoms with van der Waals surface area (Å²) in [5.41, 5.74) is 3.55. The van der Waals surface area contributed by atoms with Crippen molar-refractivity contribution in [2.24, 2.45) is 0 Å². The van der Waals surface area contributed by atoms with Crippen molar-refractivity contribution >= 4 is 35.0 Å². The first-order valence-electron chi connectivity index (χ1n) is 13.3. The monoisotopic (exact) mass is 572 g/mol. The van der Waals surface area contributed by atoms with Crippen LogP contribution >= 0.6 is 11.8 Å². The summed E-state index contributed by atoms with van der Waals surface area (Å²) < 4.78 is 5.81. The molecule has 0 saturated heterocycles. The van der Waals surface area contributed by atoms with Crippen LogP contribution in [0.25, 0.3) is 0 Å². The first-order valence-corrected chi connectivity index (χ1v) is 14.3. The molecule has 0 saturated carbocycles. The molecule has 1 aliphatic heterocycles. The number of nitrogens with zero attached hydrogens (tertiary/aromatic N) is 1. The van der Waals surface area contributed by atoms with E-state index in [0.717, 1.165) is 11.3 Å². The molecule has 2 amide bonds. The van der Waals surface area contributed by atoms with Gasteiger partial charge in [-0.25, -0.2) is 0 Å². The maximum Gasteiger partial charge on any atom is 0.254 e. The molecule has 3 N–H and O–H groups in total. The first-order chi connectivity index (χ1) is 20.5. The smallest absolute Gasteiger partial charge is 0.254 e. The number of nitriles is 1. The predicted octanol–water partition coefficient (Wildman–Crippen LogP) is 7.19. The van der Waals surface area contributed by atoms with E-state index in [4.69, 9.17) is 4.74 Å². The van der Waals surface area contributed by atoms with Crippen LogP contribution in [-0.4, -0.2) is 17.6 Å². The van der Waals surface area contributed by atoms with Gasteiger partial charge < -0.3 is 20.7 Å². The molecule has 1 atom stereocenters. The van der Waals surface area contributed by atoms with Crippen LogP contribution in [0.15, 0.2) is 137 Å². The lowest BCUT2D eigenvalue weighted by Crippen LogP contribution is -2.31. The molecule has 1 aliphatic rings. The number of nitrogens with one attached hydrogen (secondary N) is 3. The van der Waals surface area contributed by atoms with Crippen LogP contribution in [0.2, 0.25) is 0 Å². The van der Waals surface area contributed by atoms with Gasteiger partial charge in [0.05, 0.1) is 28.3 Å². The van der Waals surface area contributed by atoms with Crippen molar-refractivity contribution in [2.45, 2.75) is 12.8 Å². The van der Waals surface area contributed by atoms with Gasteiger partial charge in [0.15, 0.2) is 0 Å². The molecule has 5 rings (SSSR count). The van der Waals surface area contributed by atoms with Crippen molar-refractivity contribution in [1.82, 2.24) is 5.32 Å². The molecule has 7 nitrogen and oxygen atoms in total. The predicted molar refractivity (Wildman–Crippen MR) is 167 cm³/mol. The molecule has 0 fully saturated rings. The van der Waals surface area contributed by atoms with Crippen LogP contribution < -0.4 is 20.7 Å². The van der Waals surface area contributed by atoms with E-state index in [1.807, 2.05) is 97.9 Å². The number of amides is 2. The zero-order valence-corrected chi connectivity index (χ0v) is 23.7. The molecule has 42 heavy (non-hydrogen) atoms. The van der Waals surface area contributed by atoms with E-state index in [2.05, 4.69) is 22.0 Å². The molecule has 0 unspecified atom stereocenters. The van der Waals surface area contributed by atoms with Gasteiger partial charge in [0.25, 0.3) is 5.91 Å². The summed E-state index contributed by atoms with van der Waals surface area (Å²) in [6.45, 7) is 1.81. The summed E-state index contributed by atoms with van der Waals surface area (Å²) in [4.78, 5) is 26.4. The molecule has 0 spiro atoms. The molecule has 4 aromatic carbocycles. The highest BCUT2D eigenvalue weighted by Gasteiger charge is 2.34. The lowest BCUT2D eigenvalue weighted by atomic mass is 9.82. The van der Waals surface area contributed by atoms with Crippen molar-refractivity contribution in [3.8, 4) is 17.6 Å². The van der Waals surface area contributed by atoms with Crippen molar-refractivity contribution in [2.75, 3.05) is 16.4 Å². The van der Waals surface area contributed by atoms with Gasteiger partial charge in [-0.2, -0.15) is 5.26 Å². The molecular formula is C34H28N4O3S. The quantitative estimate of drug-likeness (QED) is 0.196. The molecule has 208 valence electrons. The fourth-order valence-corrected chi connectivity index (χ4v) is 5.48. The summed E-state index contributed by atoms with van der Waals surface area (Å²) in [5.74, 6) is 0.332. The lowest BCUT2D eigenvalue weighted by molar-refractivity contribution is -0.114. The van der Waals surface area contributed by atoms with Crippen LogP contribution in [0.5, 0.6) is 11.5 Å². The number of rotatable bonds is 9. The summed E-state index contributed by atoms with van der Waals surface area (Å²) in [7, 11) is 0. The first kappa shape index (κ1) is 28.3. The van der Waals surface area contributed by atoms with Crippen LogP contribution in [-0.2, 0) is 9.59 Å². The number of anilines is 2. The Kier molecular flexibility index (Phi) is 9.02. The standard InChI is InChI=1S/C34H28N4O3S/c1-23-31(33(40)38-25-13-7-3-8-14-25)32(24-11-5-2-6-12-24)29(21-35)34(36-23)42-22-30(39)37-26-17-19-28(20-18-26)41-27-15-9-4-10-16-27/h2-20,32,36H,22H2,1H3,(H,37,39)(H,38,40)/t32-/m1/s1. The number of dihydropyridines is 1. The number of benzene rings is 4. The summed E-state index contributed by atoms with van der Waals surface area (Å²) in [6.07, 6.45) is 0. The third-order valence-corrected chi connectivity index (χ3v) is 7.54. The average Bonchev–Trinajstić information content (AvgIpc) is 3.02. The highest BCUT2D eigenvalue weighted by molar-refractivity contribution is 8.03. The minimum Gasteiger partial charge on any atom is -0.457 e. The van der Waals surface area contributed by atoms with Crippen molar-refractivity contribution in [3.05, 3.63) is 143 Å². The number of para-hydroxylation sites is 2. The Morgan fingerprint density at radius 3 is 2.02 bits per heavy atom. The van der Waals surface area contributed by atoms with Gasteiger partial charge in [0.1, 0.15) is 11.5 Å². The van der Waals surface area contributed by atoms with Gasteiger partial charge in [-0.05, 0) is 61.0 Å². The Labute approximate surface area is 248 Å². The summed E-state index contributed by atoms with van der Waals surface area (Å²) in [6, 6.07) is 37.5. The number of ether oxygens (including phenoxy) is 1. The van der Waals surface area contributed by atoms with E-state index in [-0.39, 0.29) is 17.6 Å². The number of carbonyl (C=O) groups is 2. The fraction of sp³-hybridized carbons (Fsp3) is 0.0882. The van der Waals surface area contributed by atoms with E-state index < -0.39 is 5.92 Å². The van der Waals surface area contributed by atoms with E-state index in [1.165, 1.54) is 11.8 Å². The van der Waals surface area contributed by atoms with Gasteiger partial charge in [-0.3, -0.25) is 9.59 Å². The second-order valence-electron chi connectivity index (χ2n) is 9.46. The molecule has 0 radical (unpaired) electrons. The molecule has 1 heterocycles. The maximum atomic E-state index is 13.5. The normalized spacial score (nSPS) is 14.4. The Balaban J connectivity index is 1.30. The van der Waals surface area contributed by atoms with E-state index in [9.17, 15) is 14.9 Å². The van der Waals surface area contributed by atoms with Crippen LogP contribution in [0, 0.1) is 11.3 Å². The van der Waals surface area contributed by atoms with Crippen molar-refractivity contribution in [1.29, 1.82) is 5.26 Å². The van der Waals surface area contributed by atoms with Gasteiger partial charge in [0.2, 0.25) is 5.91 Å². The van der Waals surface area contributed by atoms with Gasteiger partial charge in [-0.15, -0.1) is 0 Å². The van der Waals surface area contributed by atoms with Gasteiger partial charge in [0, 0.05) is 22.6 Å². The number of hydrogen-bond donors (Lipinski definition) is 3. The van der Waals surface area contributed by atoms with Gasteiger partial charge >= 0.3 is 0 Å². The minimum atomic E-state index is -0.594. The molecule has 4 aromatic rings. The zero-order chi connectivity index (χ0) is 29.3. The number of carbonyl (C=O) groups excluding carboxylic acids is 2. The van der Waals surface area contributed by atoms with Crippen LogP contribution in [0.1, 0.15) is 18.4 Å². The molecule has 0 bridgehead atoms. The lowest BCUT2D eigenvalue weighted by Gasteiger charge is -2.29.